The van der Waals surface area contributed by atoms with Crippen molar-refractivity contribution in [1.29, 1.82) is 0 Å². The Morgan fingerprint density at radius 3 is 2.81 bits per heavy atom. The van der Waals surface area contributed by atoms with E-state index in [1.165, 1.54) is 23.1 Å². The molecular weight excluding hydrogens is 318 g/mol. The van der Waals surface area contributed by atoms with Gasteiger partial charge >= 0.3 is 0 Å². The Kier molecular flexibility index (Phi) is 3.02. The smallest absolute Gasteiger partial charge is 0.271 e. The van der Waals surface area contributed by atoms with Gasteiger partial charge in [-0.3, -0.25) is 10.1 Å². The van der Waals surface area contributed by atoms with Crippen molar-refractivity contribution in [2.75, 3.05) is 16.4 Å². The SMILES string of the molecule is O=[N+]([O-])c1ccc(O)c(N2C(=S)N[C@H]3CS(=O)(=O)C[C@@H]32)c1. The van der Waals surface area contributed by atoms with Crippen LogP contribution in [-0.4, -0.2) is 47.1 Å². The summed E-state index contributed by atoms with van der Waals surface area (Å²) in [6, 6.07) is 2.74. The molecule has 112 valence electrons. The molecular formula is C11H11N3O5S2. The number of nitro benzene ring substituents is 1. The number of benzene rings is 1. The molecule has 2 aliphatic heterocycles. The predicted octanol–water partition coefficient (Wildman–Crippen LogP) is 0.161. The summed E-state index contributed by atoms with van der Waals surface area (Å²) in [6.45, 7) is 0. The highest BCUT2D eigenvalue weighted by molar-refractivity contribution is 7.91. The molecule has 0 bridgehead atoms. The van der Waals surface area contributed by atoms with E-state index in [0.29, 0.717) is 0 Å². The number of thiocarbonyl (C=S) groups is 1. The molecule has 0 amide bonds. The monoisotopic (exact) mass is 329 g/mol. The molecule has 1 aromatic rings. The predicted molar refractivity (Wildman–Crippen MR) is 79.2 cm³/mol. The normalized spacial score (nSPS) is 26.5. The maximum atomic E-state index is 11.7. The van der Waals surface area contributed by atoms with E-state index in [2.05, 4.69) is 5.32 Å². The summed E-state index contributed by atoms with van der Waals surface area (Å²) in [5.74, 6) is -0.327. The second-order valence-electron chi connectivity index (χ2n) is 5.00. The average molecular weight is 329 g/mol. The fraction of sp³-hybridized carbons (Fsp3) is 0.364. The Morgan fingerprint density at radius 1 is 1.43 bits per heavy atom. The molecule has 1 aromatic carbocycles. The van der Waals surface area contributed by atoms with Crippen LogP contribution in [-0.2, 0) is 9.84 Å². The molecule has 8 nitrogen and oxygen atoms in total. The Labute approximate surface area is 125 Å². The van der Waals surface area contributed by atoms with E-state index in [-0.39, 0.29) is 39.8 Å². The summed E-state index contributed by atoms with van der Waals surface area (Å²) in [5.41, 5.74) is -0.0544. The van der Waals surface area contributed by atoms with Crippen LogP contribution in [0.15, 0.2) is 18.2 Å². The van der Waals surface area contributed by atoms with Crippen LogP contribution in [0.5, 0.6) is 5.75 Å². The van der Waals surface area contributed by atoms with E-state index in [4.69, 9.17) is 12.2 Å². The van der Waals surface area contributed by atoms with E-state index < -0.39 is 20.8 Å². The minimum atomic E-state index is -3.19. The van der Waals surface area contributed by atoms with Gasteiger partial charge in [-0.1, -0.05) is 0 Å². The lowest BCUT2D eigenvalue weighted by Crippen LogP contribution is -2.36. The lowest BCUT2D eigenvalue weighted by molar-refractivity contribution is -0.384. The largest absolute Gasteiger partial charge is 0.506 e. The fourth-order valence-electron chi connectivity index (χ4n) is 2.71. The van der Waals surface area contributed by atoms with Crippen LogP contribution in [0.3, 0.4) is 0 Å². The molecule has 2 N–H and O–H groups in total. The number of sulfone groups is 1. The van der Waals surface area contributed by atoms with Crippen molar-refractivity contribution in [3.05, 3.63) is 28.3 Å². The third-order valence-electron chi connectivity index (χ3n) is 3.61. The molecule has 0 spiro atoms. The van der Waals surface area contributed by atoms with Gasteiger partial charge in [0.15, 0.2) is 14.9 Å². The molecule has 2 saturated heterocycles. The number of phenols is 1. The van der Waals surface area contributed by atoms with Crippen molar-refractivity contribution in [2.24, 2.45) is 0 Å². The lowest BCUT2D eigenvalue weighted by Gasteiger charge is -2.23. The van der Waals surface area contributed by atoms with Crippen molar-refractivity contribution >= 4 is 38.5 Å². The molecule has 2 atom stereocenters. The molecule has 0 radical (unpaired) electrons. The number of fused-ring (bicyclic) bond motifs is 1. The van der Waals surface area contributed by atoms with Gasteiger partial charge in [0, 0.05) is 12.1 Å². The first-order valence-corrected chi connectivity index (χ1v) is 8.29. The fourth-order valence-corrected chi connectivity index (χ4v) is 4.98. The van der Waals surface area contributed by atoms with Crippen LogP contribution in [0.1, 0.15) is 0 Å². The van der Waals surface area contributed by atoms with Gasteiger partial charge in [-0.2, -0.15) is 0 Å². The number of rotatable bonds is 2. The van der Waals surface area contributed by atoms with Crippen LogP contribution < -0.4 is 10.2 Å². The highest BCUT2D eigenvalue weighted by Crippen LogP contribution is 2.37. The van der Waals surface area contributed by atoms with Crippen molar-refractivity contribution in [3.8, 4) is 5.75 Å². The summed E-state index contributed by atoms with van der Waals surface area (Å²) < 4.78 is 23.4. The van der Waals surface area contributed by atoms with E-state index in [0.717, 1.165) is 0 Å². The number of aromatic hydroxyl groups is 1. The van der Waals surface area contributed by atoms with Gasteiger partial charge in [0.05, 0.1) is 34.2 Å². The quantitative estimate of drug-likeness (QED) is 0.448. The number of hydrogen-bond acceptors (Lipinski definition) is 6. The van der Waals surface area contributed by atoms with Gasteiger partial charge in [0.1, 0.15) is 5.75 Å². The zero-order chi connectivity index (χ0) is 15.4. The van der Waals surface area contributed by atoms with Crippen molar-refractivity contribution in [2.45, 2.75) is 12.1 Å². The maximum absolute atomic E-state index is 11.7. The molecule has 0 unspecified atom stereocenters. The summed E-state index contributed by atoms with van der Waals surface area (Å²) in [5, 5.41) is 23.9. The van der Waals surface area contributed by atoms with Crippen LogP contribution in [0.25, 0.3) is 0 Å². The third-order valence-corrected chi connectivity index (χ3v) is 5.64. The Bertz CT molecular complexity index is 748. The molecule has 0 aliphatic carbocycles. The molecule has 0 aromatic heterocycles. The highest BCUT2D eigenvalue weighted by Gasteiger charge is 2.48. The van der Waals surface area contributed by atoms with E-state index in [1.807, 2.05) is 0 Å². The summed E-state index contributed by atoms with van der Waals surface area (Å²) in [4.78, 5) is 11.7. The maximum Gasteiger partial charge on any atom is 0.271 e. The van der Waals surface area contributed by atoms with Crippen LogP contribution in [0.4, 0.5) is 11.4 Å². The second kappa shape index (κ2) is 4.53. The molecule has 2 fully saturated rings. The zero-order valence-corrected chi connectivity index (χ0v) is 12.2. The standard InChI is InChI=1S/C11H11N3O5S2/c15-10-2-1-6(14(16)17)3-8(10)13-9-5-21(18,19)4-7(9)12-11(13)20/h1-3,7,9,15H,4-5H2,(H,12,20)/t7-,9-/m0/s1. The number of hydrogen-bond donors (Lipinski definition) is 2. The second-order valence-corrected chi connectivity index (χ2v) is 7.54. The summed E-state index contributed by atoms with van der Waals surface area (Å²) >= 11 is 5.16. The first-order chi connectivity index (χ1) is 9.78. The van der Waals surface area contributed by atoms with E-state index in [9.17, 15) is 23.6 Å². The first-order valence-electron chi connectivity index (χ1n) is 6.06. The van der Waals surface area contributed by atoms with Gasteiger partial charge in [-0.15, -0.1) is 0 Å². The molecule has 21 heavy (non-hydrogen) atoms. The Morgan fingerprint density at radius 2 is 2.14 bits per heavy atom. The van der Waals surface area contributed by atoms with Gasteiger partial charge < -0.3 is 15.3 Å². The lowest BCUT2D eigenvalue weighted by atomic mass is 10.1. The number of nitrogens with zero attached hydrogens (tertiary/aromatic N) is 2. The van der Waals surface area contributed by atoms with Gasteiger partial charge in [-0.05, 0) is 18.3 Å². The van der Waals surface area contributed by atoms with E-state index >= 15 is 0 Å². The van der Waals surface area contributed by atoms with Gasteiger partial charge in [-0.25, -0.2) is 8.42 Å². The number of anilines is 1. The molecule has 10 heteroatoms. The minimum Gasteiger partial charge on any atom is -0.506 e. The van der Waals surface area contributed by atoms with Crippen molar-refractivity contribution < 1.29 is 18.4 Å². The Hall–Kier alpha value is -1.94. The summed E-state index contributed by atoms with van der Waals surface area (Å²) in [7, 11) is -3.19. The summed E-state index contributed by atoms with van der Waals surface area (Å²) in [6.07, 6.45) is 0. The number of phenolic OH excluding ortho intramolecular Hbond substituents is 1. The van der Waals surface area contributed by atoms with E-state index in [1.54, 1.807) is 0 Å². The number of non-ortho nitro benzene ring substituents is 1. The Balaban J connectivity index is 2.05. The molecule has 3 rings (SSSR count). The third kappa shape index (κ3) is 2.29. The van der Waals surface area contributed by atoms with Crippen molar-refractivity contribution in [1.82, 2.24) is 5.32 Å². The highest BCUT2D eigenvalue weighted by atomic mass is 32.2. The minimum absolute atomic E-state index is 0.0377. The molecule has 2 aliphatic rings. The van der Waals surface area contributed by atoms with Crippen molar-refractivity contribution in [3.63, 3.8) is 0 Å². The number of nitro groups is 1. The molecule has 0 saturated carbocycles. The zero-order valence-electron chi connectivity index (χ0n) is 10.6. The molecule has 2 heterocycles. The van der Waals surface area contributed by atoms with Crippen LogP contribution in [0, 0.1) is 10.1 Å². The number of nitrogens with one attached hydrogen (secondary N) is 1. The van der Waals surface area contributed by atoms with Crippen LogP contribution in [0.2, 0.25) is 0 Å². The van der Waals surface area contributed by atoms with Gasteiger partial charge in [0.2, 0.25) is 0 Å². The average Bonchev–Trinajstić information content (AvgIpc) is 2.80. The van der Waals surface area contributed by atoms with Crippen LogP contribution >= 0.6 is 12.2 Å². The van der Waals surface area contributed by atoms with Gasteiger partial charge in [0.25, 0.3) is 5.69 Å². The topological polar surface area (TPSA) is 113 Å². The first kappa shape index (κ1) is 14.0.